The highest BCUT2D eigenvalue weighted by atomic mass is 15.3. The van der Waals surface area contributed by atoms with Gasteiger partial charge in [0.15, 0.2) is 0 Å². The third-order valence-electron chi connectivity index (χ3n) is 1.58. The molecule has 2 N–H and O–H groups in total. The highest BCUT2D eigenvalue weighted by Crippen LogP contribution is 2.13. The monoisotopic (exact) mass is 150 g/mol. The average Bonchev–Trinajstić information content (AvgIpc) is 2.26. The van der Waals surface area contributed by atoms with E-state index in [4.69, 9.17) is 11.0 Å². The van der Waals surface area contributed by atoms with Crippen LogP contribution in [-0.4, -0.2) is 9.78 Å². The van der Waals surface area contributed by atoms with Crippen molar-refractivity contribution in [1.29, 1.82) is 5.26 Å². The third kappa shape index (κ3) is 1.05. The van der Waals surface area contributed by atoms with Crippen molar-refractivity contribution in [3.63, 3.8) is 0 Å². The minimum Gasteiger partial charge on any atom is -0.383 e. The zero-order chi connectivity index (χ0) is 8.43. The summed E-state index contributed by atoms with van der Waals surface area (Å²) in [6.45, 7) is 4.42. The molecule has 11 heavy (non-hydrogen) atoms. The number of aryl methyl sites for hydroxylation is 2. The van der Waals surface area contributed by atoms with Crippen LogP contribution in [-0.2, 0) is 6.54 Å². The SMILES string of the molecule is CCn1nc(C)c(C#N)c1N. The molecule has 1 aromatic heterocycles. The number of nitrogens with two attached hydrogens (primary N) is 1. The number of hydrogen-bond donors (Lipinski definition) is 1. The standard InChI is InChI=1S/C7H10N4/c1-3-11-7(9)6(4-8)5(2)10-11/h3,9H2,1-2H3. The van der Waals surface area contributed by atoms with Crippen LogP contribution >= 0.6 is 0 Å². The second-order valence-electron chi connectivity index (χ2n) is 2.27. The molecule has 0 saturated heterocycles. The van der Waals surface area contributed by atoms with Gasteiger partial charge in [-0.1, -0.05) is 0 Å². The van der Waals surface area contributed by atoms with Crippen molar-refractivity contribution in [2.24, 2.45) is 0 Å². The van der Waals surface area contributed by atoms with Gasteiger partial charge in [-0.3, -0.25) is 0 Å². The lowest BCUT2D eigenvalue weighted by Gasteiger charge is -1.95. The first kappa shape index (κ1) is 7.61. The van der Waals surface area contributed by atoms with Crippen molar-refractivity contribution < 1.29 is 0 Å². The van der Waals surface area contributed by atoms with Crippen LogP contribution < -0.4 is 5.73 Å². The van der Waals surface area contributed by atoms with Crippen LogP contribution in [0.5, 0.6) is 0 Å². The molecule has 0 spiro atoms. The van der Waals surface area contributed by atoms with Crippen molar-refractivity contribution in [3.8, 4) is 6.07 Å². The van der Waals surface area contributed by atoms with Gasteiger partial charge in [0.25, 0.3) is 0 Å². The summed E-state index contributed by atoms with van der Waals surface area (Å²) < 4.78 is 1.62. The van der Waals surface area contributed by atoms with Gasteiger partial charge >= 0.3 is 0 Å². The largest absolute Gasteiger partial charge is 0.383 e. The van der Waals surface area contributed by atoms with Crippen LogP contribution in [0.1, 0.15) is 18.2 Å². The minimum absolute atomic E-state index is 0.465. The van der Waals surface area contributed by atoms with Crippen LogP contribution in [0, 0.1) is 18.3 Å². The second kappa shape index (κ2) is 2.62. The molecule has 4 nitrogen and oxygen atoms in total. The fourth-order valence-corrected chi connectivity index (χ4v) is 0.979. The van der Waals surface area contributed by atoms with Gasteiger partial charge in [-0.2, -0.15) is 10.4 Å². The molecule has 0 unspecified atom stereocenters. The molecule has 0 fully saturated rings. The van der Waals surface area contributed by atoms with Gasteiger partial charge in [-0.05, 0) is 13.8 Å². The first-order chi connectivity index (χ1) is 5.20. The van der Waals surface area contributed by atoms with Crippen molar-refractivity contribution in [3.05, 3.63) is 11.3 Å². The lowest BCUT2D eigenvalue weighted by Crippen LogP contribution is -2.02. The van der Waals surface area contributed by atoms with Crippen LogP contribution in [0.15, 0.2) is 0 Å². The number of aromatic nitrogens is 2. The predicted molar refractivity (Wildman–Crippen MR) is 41.8 cm³/mol. The van der Waals surface area contributed by atoms with Crippen molar-refractivity contribution in [2.45, 2.75) is 20.4 Å². The lowest BCUT2D eigenvalue weighted by molar-refractivity contribution is 0.663. The number of rotatable bonds is 1. The Morgan fingerprint density at radius 1 is 1.73 bits per heavy atom. The fraction of sp³-hybridized carbons (Fsp3) is 0.429. The van der Waals surface area contributed by atoms with Crippen LogP contribution in [0.4, 0.5) is 5.82 Å². The van der Waals surface area contributed by atoms with Crippen molar-refractivity contribution in [2.75, 3.05) is 5.73 Å². The van der Waals surface area contributed by atoms with Crippen LogP contribution in [0.3, 0.4) is 0 Å². The molecule has 0 saturated carbocycles. The maximum atomic E-state index is 8.62. The Balaban J connectivity index is 3.28. The van der Waals surface area contributed by atoms with Crippen molar-refractivity contribution >= 4 is 5.82 Å². The Bertz CT molecular complexity index is 305. The van der Waals surface area contributed by atoms with Gasteiger partial charge in [0.1, 0.15) is 17.5 Å². The number of nitrogen functional groups attached to an aromatic ring is 1. The van der Waals surface area contributed by atoms with E-state index in [1.54, 1.807) is 11.6 Å². The Labute approximate surface area is 65.2 Å². The van der Waals surface area contributed by atoms with E-state index in [1.165, 1.54) is 0 Å². The summed E-state index contributed by atoms with van der Waals surface area (Å²) in [5, 5.41) is 12.7. The zero-order valence-electron chi connectivity index (χ0n) is 6.63. The average molecular weight is 150 g/mol. The lowest BCUT2D eigenvalue weighted by atomic mass is 10.3. The number of hydrogen-bond acceptors (Lipinski definition) is 3. The van der Waals surface area contributed by atoms with E-state index in [0.717, 1.165) is 0 Å². The molecule has 0 radical (unpaired) electrons. The highest BCUT2D eigenvalue weighted by molar-refractivity contribution is 5.51. The maximum Gasteiger partial charge on any atom is 0.139 e. The quantitative estimate of drug-likeness (QED) is 0.639. The van der Waals surface area contributed by atoms with E-state index in [2.05, 4.69) is 5.10 Å². The number of nitriles is 1. The molecule has 0 aliphatic carbocycles. The van der Waals surface area contributed by atoms with E-state index in [0.29, 0.717) is 23.6 Å². The smallest absolute Gasteiger partial charge is 0.139 e. The Hall–Kier alpha value is -1.50. The van der Waals surface area contributed by atoms with Gasteiger partial charge < -0.3 is 5.73 Å². The predicted octanol–water partition coefficient (Wildman–Crippen LogP) is 0.665. The van der Waals surface area contributed by atoms with E-state index in [9.17, 15) is 0 Å². The topological polar surface area (TPSA) is 67.6 Å². The summed E-state index contributed by atoms with van der Waals surface area (Å²) in [6, 6.07) is 2.01. The van der Waals surface area contributed by atoms with E-state index < -0.39 is 0 Å². The Kier molecular flexibility index (Phi) is 1.81. The fourth-order valence-electron chi connectivity index (χ4n) is 0.979. The minimum atomic E-state index is 0.465. The molecule has 1 heterocycles. The van der Waals surface area contributed by atoms with Gasteiger partial charge in [0, 0.05) is 6.54 Å². The Morgan fingerprint density at radius 3 is 2.64 bits per heavy atom. The summed E-state index contributed by atoms with van der Waals surface area (Å²) in [6.07, 6.45) is 0. The van der Waals surface area contributed by atoms with Gasteiger partial charge in [0.2, 0.25) is 0 Å². The molecule has 0 aromatic carbocycles. The molecule has 0 atom stereocenters. The van der Waals surface area contributed by atoms with Gasteiger partial charge in [0.05, 0.1) is 5.69 Å². The number of anilines is 1. The summed E-state index contributed by atoms with van der Waals surface area (Å²) in [4.78, 5) is 0. The summed E-state index contributed by atoms with van der Waals surface area (Å²) in [5.74, 6) is 0.465. The molecular formula is C7H10N4. The van der Waals surface area contributed by atoms with Crippen LogP contribution in [0.2, 0.25) is 0 Å². The van der Waals surface area contributed by atoms with E-state index in [-0.39, 0.29) is 0 Å². The first-order valence-electron chi connectivity index (χ1n) is 3.43. The summed E-state index contributed by atoms with van der Waals surface area (Å²) in [5.41, 5.74) is 6.80. The molecule has 0 bridgehead atoms. The molecule has 0 amide bonds. The molecule has 4 heteroatoms. The summed E-state index contributed by atoms with van der Waals surface area (Å²) >= 11 is 0. The van der Waals surface area contributed by atoms with E-state index in [1.807, 2.05) is 13.0 Å². The van der Waals surface area contributed by atoms with Gasteiger partial charge in [-0.25, -0.2) is 4.68 Å². The second-order valence-corrected chi connectivity index (χ2v) is 2.27. The van der Waals surface area contributed by atoms with E-state index >= 15 is 0 Å². The first-order valence-corrected chi connectivity index (χ1v) is 3.43. The summed E-state index contributed by atoms with van der Waals surface area (Å²) in [7, 11) is 0. The van der Waals surface area contributed by atoms with Crippen LogP contribution in [0.25, 0.3) is 0 Å². The highest BCUT2D eigenvalue weighted by Gasteiger charge is 2.09. The Morgan fingerprint density at radius 2 is 2.36 bits per heavy atom. The van der Waals surface area contributed by atoms with Gasteiger partial charge in [-0.15, -0.1) is 0 Å². The number of nitrogens with zero attached hydrogens (tertiary/aromatic N) is 3. The van der Waals surface area contributed by atoms with Crippen molar-refractivity contribution in [1.82, 2.24) is 9.78 Å². The molecule has 0 aliphatic heterocycles. The molecular weight excluding hydrogens is 140 g/mol. The third-order valence-corrected chi connectivity index (χ3v) is 1.58. The zero-order valence-corrected chi connectivity index (χ0v) is 6.63. The maximum absolute atomic E-state index is 8.62. The molecule has 1 aromatic rings. The molecule has 58 valence electrons. The molecule has 1 rings (SSSR count). The molecule has 0 aliphatic rings. The normalized spacial score (nSPS) is 9.55.